The normalized spacial score (nSPS) is 15.8. The molecule has 108 valence electrons. The second kappa shape index (κ2) is 7.39. The number of hydrogen-bond acceptors (Lipinski definition) is 2. The van der Waals surface area contributed by atoms with E-state index >= 15 is 0 Å². The minimum Gasteiger partial charge on any atom is -0.393 e. The van der Waals surface area contributed by atoms with E-state index in [4.69, 9.17) is 18.0 Å². The van der Waals surface area contributed by atoms with Gasteiger partial charge in [-0.1, -0.05) is 49.7 Å². The van der Waals surface area contributed by atoms with Crippen LogP contribution in [0.1, 0.15) is 48.9 Å². The monoisotopic (exact) mass is 290 g/mol. The molecule has 20 heavy (non-hydrogen) atoms. The summed E-state index contributed by atoms with van der Waals surface area (Å²) in [5.74, 6) is 0.105. The number of benzene rings is 1. The Kier molecular flexibility index (Phi) is 5.53. The number of nitrogens with two attached hydrogens (primary N) is 1. The Morgan fingerprint density at radius 1 is 1.20 bits per heavy atom. The fraction of sp³-hybridized carbons (Fsp3) is 0.500. The molecule has 1 aromatic carbocycles. The van der Waals surface area contributed by atoms with Crippen molar-refractivity contribution in [3.63, 3.8) is 0 Å². The Labute approximate surface area is 126 Å². The highest BCUT2D eigenvalue weighted by atomic mass is 32.1. The lowest BCUT2D eigenvalue weighted by molar-refractivity contribution is 0.0641. The molecule has 2 N–H and O–H groups in total. The molecule has 1 saturated carbocycles. The first kappa shape index (κ1) is 15.0. The van der Waals surface area contributed by atoms with Crippen molar-refractivity contribution >= 4 is 23.1 Å². The zero-order valence-corrected chi connectivity index (χ0v) is 12.6. The number of hydrogen-bond donors (Lipinski definition) is 1. The molecular weight excluding hydrogens is 268 g/mol. The van der Waals surface area contributed by atoms with Crippen LogP contribution in [0.5, 0.6) is 0 Å². The predicted octanol–water partition coefficient (Wildman–Crippen LogP) is 3.14. The van der Waals surface area contributed by atoms with E-state index in [0.29, 0.717) is 24.0 Å². The molecular formula is C16H22N2OS. The van der Waals surface area contributed by atoms with E-state index in [2.05, 4.69) is 0 Å². The van der Waals surface area contributed by atoms with Crippen molar-refractivity contribution in [3.8, 4) is 0 Å². The summed E-state index contributed by atoms with van der Waals surface area (Å²) < 4.78 is 0. The van der Waals surface area contributed by atoms with E-state index in [1.807, 2.05) is 35.2 Å². The standard InChI is InChI=1S/C16H22N2OS/c17-15(20)11-12-18(14-9-5-2-6-10-14)16(19)13-7-3-1-4-8-13/h1,3-4,7-8,14H,2,5-6,9-12H2,(H2,17,20). The van der Waals surface area contributed by atoms with Crippen molar-refractivity contribution in [2.45, 2.75) is 44.6 Å². The fourth-order valence-corrected chi connectivity index (χ4v) is 2.91. The molecule has 0 radical (unpaired) electrons. The zero-order valence-electron chi connectivity index (χ0n) is 11.8. The average Bonchev–Trinajstić information content (AvgIpc) is 2.49. The van der Waals surface area contributed by atoms with Gasteiger partial charge >= 0.3 is 0 Å². The number of carbonyl (C=O) groups excluding carboxylic acids is 1. The Hall–Kier alpha value is -1.42. The van der Waals surface area contributed by atoms with Gasteiger partial charge in [0.05, 0.1) is 4.99 Å². The lowest BCUT2D eigenvalue weighted by Gasteiger charge is -2.34. The molecule has 0 unspecified atom stereocenters. The van der Waals surface area contributed by atoms with E-state index < -0.39 is 0 Å². The van der Waals surface area contributed by atoms with Gasteiger partial charge in [-0.25, -0.2) is 0 Å². The van der Waals surface area contributed by atoms with Crippen LogP contribution in [0.3, 0.4) is 0 Å². The van der Waals surface area contributed by atoms with Gasteiger partial charge in [0.25, 0.3) is 5.91 Å². The van der Waals surface area contributed by atoms with Crippen LogP contribution in [0.15, 0.2) is 30.3 Å². The van der Waals surface area contributed by atoms with Gasteiger partial charge in [-0.05, 0) is 25.0 Å². The van der Waals surface area contributed by atoms with Crippen LogP contribution in [0.2, 0.25) is 0 Å². The van der Waals surface area contributed by atoms with Crippen LogP contribution in [0, 0.1) is 0 Å². The Bertz CT molecular complexity index is 455. The van der Waals surface area contributed by atoms with E-state index in [1.165, 1.54) is 19.3 Å². The molecule has 0 aromatic heterocycles. The number of rotatable bonds is 5. The molecule has 0 aliphatic heterocycles. The summed E-state index contributed by atoms with van der Waals surface area (Å²) in [7, 11) is 0. The first-order valence-corrected chi connectivity index (χ1v) is 7.73. The van der Waals surface area contributed by atoms with Gasteiger partial charge in [0.1, 0.15) is 0 Å². The van der Waals surface area contributed by atoms with E-state index in [1.54, 1.807) is 0 Å². The first-order chi connectivity index (χ1) is 9.68. The SMILES string of the molecule is NC(=S)CCN(C(=O)c1ccccc1)C1CCCCC1. The van der Waals surface area contributed by atoms with E-state index in [-0.39, 0.29) is 5.91 Å². The Morgan fingerprint density at radius 3 is 2.45 bits per heavy atom. The summed E-state index contributed by atoms with van der Waals surface area (Å²) in [5.41, 5.74) is 6.35. The molecule has 0 bridgehead atoms. The minimum absolute atomic E-state index is 0.105. The minimum atomic E-state index is 0.105. The lowest BCUT2D eigenvalue weighted by atomic mass is 9.93. The first-order valence-electron chi connectivity index (χ1n) is 7.33. The van der Waals surface area contributed by atoms with Gasteiger partial charge in [0.2, 0.25) is 0 Å². The van der Waals surface area contributed by atoms with Crippen molar-refractivity contribution in [1.29, 1.82) is 0 Å². The molecule has 0 saturated heterocycles. The largest absolute Gasteiger partial charge is 0.393 e. The molecule has 4 heteroatoms. The van der Waals surface area contributed by atoms with Crippen LogP contribution in [-0.2, 0) is 0 Å². The molecule has 0 atom stereocenters. The molecule has 1 aliphatic rings. The molecule has 0 spiro atoms. The molecule has 1 aliphatic carbocycles. The van der Waals surface area contributed by atoms with Crippen molar-refractivity contribution < 1.29 is 4.79 Å². The quantitative estimate of drug-likeness (QED) is 0.847. The molecule has 1 aromatic rings. The zero-order chi connectivity index (χ0) is 14.4. The van der Waals surface area contributed by atoms with Gasteiger partial charge in [0.15, 0.2) is 0 Å². The maximum absolute atomic E-state index is 12.7. The van der Waals surface area contributed by atoms with Crippen LogP contribution in [0.4, 0.5) is 0 Å². The molecule has 1 fully saturated rings. The summed E-state index contributed by atoms with van der Waals surface area (Å²) in [4.78, 5) is 15.2. The summed E-state index contributed by atoms with van der Waals surface area (Å²) in [6.45, 7) is 0.633. The smallest absolute Gasteiger partial charge is 0.254 e. The van der Waals surface area contributed by atoms with Crippen molar-refractivity contribution in [2.24, 2.45) is 5.73 Å². The molecule has 0 heterocycles. The third-order valence-corrected chi connectivity index (χ3v) is 4.10. The topological polar surface area (TPSA) is 46.3 Å². The summed E-state index contributed by atoms with van der Waals surface area (Å²) in [6, 6.07) is 9.82. The van der Waals surface area contributed by atoms with Crippen LogP contribution < -0.4 is 5.73 Å². The van der Waals surface area contributed by atoms with Crippen molar-refractivity contribution in [2.75, 3.05) is 6.54 Å². The van der Waals surface area contributed by atoms with Gasteiger partial charge in [-0.3, -0.25) is 4.79 Å². The van der Waals surface area contributed by atoms with Crippen LogP contribution in [0.25, 0.3) is 0 Å². The predicted molar refractivity (Wildman–Crippen MR) is 85.8 cm³/mol. The number of carbonyl (C=O) groups is 1. The van der Waals surface area contributed by atoms with Crippen LogP contribution >= 0.6 is 12.2 Å². The molecule has 2 rings (SSSR count). The highest BCUT2D eigenvalue weighted by molar-refractivity contribution is 7.80. The summed E-state index contributed by atoms with van der Waals surface area (Å²) >= 11 is 4.96. The second-order valence-corrected chi connectivity index (χ2v) is 5.90. The van der Waals surface area contributed by atoms with Crippen LogP contribution in [-0.4, -0.2) is 28.4 Å². The maximum atomic E-state index is 12.7. The fourth-order valence-electron chi connectivity index (χ4n) is 2.82. The third kappa shape index (κ3) is 4.04. The average molecular weight is 290 g/mol. The van der Waals surface area contributed by atoms with Crippen molar-refractivity contribution in [3.05, 3.63) is 35.9 Å². The maximum Gasteiger partial charge on any atom is 0.254 e. The highest BCUT2D eigenvalue weighted by Crippen LogP contribution is 2.24. The summed E-state index contributed by atoms with van der Waals surface area (Å²) in [5, 5.41) is 0. The van der Waals surface area contributed by atoms with Gasteiger partial charge in [-0.15, -0.1) is 0 Å². The lowest BCUT2D eigenvalue weighted by Crippen LogP contribution is -2.43. The number of amides is 1. The van der Waals surface area contributed by atoms with Gasteiger partial charge in [0, 0.05) is 24.6 Å². The number of nitrogens with zero attached hydrogens (tertiary/aromatic N) is 1. The highest BCUT2D eigenvalue weighted by Gasteiger charge is 2.25. The van der Waals surface area contributed by atoms with E-state index in [0.717, 1.165) is 18.4 Å². The van der Waals surface area contributed by atoms with Crippen molar-refractivity contribution in [1.82, 2.24) is 4.90 Å². The Balaban J connectivity index is 2.12. The number of thiocarbonyl (C=S) groups is 1. The second-order valence-electron chi connectivity index (χ2n) is 5.37. The molecule has 1 amide bonds. The Morgan fingerprint density at radius 2 is 1.85 bits per heavy atom. The molecule has 3 nitrogen and oxygen atoms in total. The third-order valence-electron chi connectivity index (χ3n) is 3.90. The van der Waals surface area contributed by atoms with E-state index in [9.17, 15) is 4.79 Å². The summed E-state index contributed by atoms with van der Waals surface area (Å²) in [6.07, 6.45) is 6.47. The van der Waals surface area contributed by atoms with Gasteiger partial charge in [-0.2, -0.15) is 0 Å². The van der Waals surface area contributed by atoms with Gasteiger partial charge < -0.3 is 10.6 Å².